The summed E-state index contributed by atoms with van der Waals surface area (Å²) in [5.74, 6) is 0.744. The summed E-state index contributed by atoms with van der Waals surface area (Å²) in [6.07, 6.45) is 5.15. The molecular weight excluding hydrogens is 202 g/mol. The van der Waals surface area contributed by atoms with Crippen LogP contribution in [0.4, 0.5) is 0 Å². The van der Waals surface area contributed by atoms with Crippen molar-refractivity contribution in [3.05, 3.63) is 23.3 Å². The fourth-order valence-electron chi connectivity index (χ4n) is 2.55. The van der Waals surface area contributed by atoms with Gasteiger partial charge in [0.1, 0.15) is 6.33 Å². The Hall–Kier alpha value is -1.00. The van der Waals surface area contributed by atoms with Gasteiger partial charge in [-0.05, 0) is 25.2 Å². The second-order valence-corrected chi connectivity index (χ2v) is 4.61. The summed E-state index contributed by atoms with van der Waals surface area (Å²) in [5, 5.41) is 3.34. The Kier molecular flexibility index (Phi) is 2.84. The molecule has 0 spiro atoms. The molecule has 0 amide bonds. The average molecular weight is 219 g/mol. The molecule has 0 aromatic carbocycles. The van der Waals surface area contributed by atoms with Crippen molar-refractivity contribution in [3.63, 3.8) is 0 Å². The van der Waals surface area contributed by atoms with Gasteiger partial charge < -0.3 is 10.1 Å². The predicted molar refractivity (Wildman–Crippen MR) is 59.8 cm³/mol. The maximum Gasteiger partial charge on any atom is 0.116 e. The fourth-order valence-corrected chi connectivity index (χ4v) is 2.55. The molecule has 3 heterocycles. The van der Waals surface area contributed by atoms with E-state index in [1.54, 1.807) is 6.33 Å². The van der Waals surface area contributed by atoms with Crippen LogP contribution < -0.4 is 5.32 Å². The zero-order valence-corrected chi connectivity index (χ0v) is 9.41. The number of hydrogen-bond donors (Lipinski definition) is 1. The van der Waals surface area contributed by atoms with E-state index in [1.807, 2.05) is 0 Å². The van der Waals surface area contributed by atoms with E-state index in [0.29, 0.717) is 0 Å². The van der Waals surface area contributed by atoms with E-state index >= 15 is 0 Å². The smallest absolute Gasteiger partial charge is 0.116 e. The Balaban J connectivity index is 1.76. The molecule has 3 rings (SSSR count). The average Bonchev–Trinajstić information content (AvgIpc) is 2.80. The van der Waals surface area contributed by atoms with Crippen LogP contribution in [0.15, 0.2) is 6.33 Å². The van der Waals surface area contributed by atoms with E-state index in [-0.39, 0.29) is 0 Å². The van der Waals surface area contributed by atoms with Crippen LogP contribution in [-0.4, -0.2) is 23.2 Å². The van der Waals surface area contributed by atoms with Gasteiger partial charge in [-0.25, -0.2) is 9.97 Å². The number of aromatic nitrogens is 2. The Morgan fingerprint density at radius 1 is 1.25 bits per heavy atom. The monoisotopic (exact) mass is 219 g/mol. The maximum absolute atomic E-state index is 5.38. The van der Waals surface area contributed by atoms with E-state index in [2.05, 4.69) is 15.3 Å². The van der Waals surface area contributed by atoms with Crippen molar-refractivity contribution >= 4 is 0 Å². The van der Waals surface area contributed by atoms with Crippen molar-refractivity contribution in [3.8, 4) is 0 Å². The Morgan fingerprint density at radius 2 is 2.12 bits per heavy atom. The first-order valence-electron chi connectivity index (χ1n) is 6.03. The molecule has 4 nitrogen and oxygen atoms in total. The van der Waals surface area contributed by atoms with Crippen LogP contribution in [0.1, 0.15) is 29.8 Å². The minimum Gasteiger partial charge on any atom is -0.381 e. The molecule has 2 aliphatic heterocycles. The Bertz CT molecular complexity index is 375. The summed E-state index contributed by atoms with van der Waals surface area (Å²) in [6.45, 7) is 3.67. The molecule has 2 aliphatic rings. The van der Waals surface area contributed by atoms with Gasteiger partial charge in [0.05, 0.1) is 5.69 Å². The van der Waals surface area contributed by atoms with E-state index in [4.69, 9.17) is 4.74 Å². The summed E-state index contributed by atoms with van der Waals surface area (Å²) in [5.41, 5.74) is 3.79. The molecule has 4 heteroatoms. The minimum absolute atomic E-state index is 0.744. The van der Waals surface area contributed by atoms with Crippen LogP contribution in [0, 0.1) is 5.92 Å². The van der Waals surface area contributed by atoms with Gasteiger partial charge in [0.15, 0.2) is 0 Å². The lowest BCUT2D eigenvalue weighted by atomic mass is 9.93. The van der Waals surface area contributed by atoms with Crippen molar-refractivity contribution in [2.24, 2.45) is 5.92 Å². The van der Waals surface area contributed by atoms with Crippen LogP contribution in [-0.2, 0) is 24.2 Å². The highest BCUT2D eigenvalue weighted by Crippen LogP contribution is 2.23. The van der Waals surface area contributed by atoms with Gasteiger partial charge in [0.25, 0.3) is 0 Å². The standard InChI is InChI=1S/C12H17N3O/c1-3-16-4-2-9(1)5-11-10-6-13-7-12(10)15-8-14-11/h8-9,13H,1-7H2. The van der Waals surface area contributed by atoms with Gasteiger partial charge >= 0.3 is 0 Å². The molecule has 86 valence electrons. The first kappa shape index (κ1) is 10.2. The lowest BCUT2D eigenvalue weighted by Gasteiger charge is -2.22. The van der Waals surface area contributed by atoms with Crippen molar-refractivity contribution in [2.75, 3.05) is 13.2 Å². The number of rotatable bonds is 2. The molecule has 16 heavy (non-hydrogen) atoms. The molecule has 1 aromatic heterocycles. The van der Waals surface area contributed by atoms with Gasteiger partial charge in [-0.3, -0.25) is 0 Å². The molecule has 0 unspecified atom stereocenters. The van der Waals surface area contributed by atoms with Crippen LogP contribution >= 0.6 is 0 Å². The third kappa shape index (κ3) is 1.95. The Morgan fingerprint density at radius 3 is 3.00 bits per heavy atom. The SMILES string of the molecule is c1nc2c(c(CC3CCOCC3)n1)CNC2. The number of nitrogens with one attached hydrogen (secondary N) is 1. The molecule has 1 saturated heterocycles. The van der Waals surface area contributed by atoms with Crippen molar-refractivity contribution < 1.29 is 4.74 Å². The summed E-state index contributed by atoms with van der Waals surface area (Å²) in [7, 11) is 0. The zero-order valence-electron chi connectivity index (χ0n) is 9.41. The Labute approximate surface area is 95.4 Å². The second kappa shape index (κ2) is 4.47. The molecular formula is C12H17N3O. The van der Waals surface area contributed by atoms with E-state index in [9.17, 15) is 0 Å². The van der Waals surface area contributed by atoms with Crippen LogP contribution in [0.25, 0.3) is 0 Å². The molecule has 1 N–H and O–H groups in total. The number of ether oxygens (including phenoxy) is 1. The first-order chi connectivity index (χ1) is 7.93. The van der Waals surface area contributed by atoms with E-state index in [0.717, 1.165) is 38.6 Å². The molecule has 1 aromatic rings. The van der Waals surface area contributed by atoms with Gasteiger partial charge in [-0.15, -0.1) is 0 Å². The van der Waals surface area contributed by atoms with Gasteiger partial charge in [0.2, 0.25) is 0 Å². The van der Waals surface area contributed by atoms with E-state index in [1.165, 1.54) is 29.8 Å². The summed E-state index contributed by atoms with van der Waals surface area (Å²) >= 11 is 0. The predicted octanol–water partition coefficient (Wildman–Crippen LogP) is 1.05. The van der Waals surface area contributed by atoms with Gasteiger partial charge in [-0.1, -0.05) is 0 Å². The highest BCUT2D eigenvalue weighted by atomic mass is 16.5. The maximum atomic E-state index is 5.38. The first-order valence-corrected chi connectivity index (χ1v) is 6.03. The summed E-state index contributed by atoms with van der Waals surface area (Å²) in [6, 6.07) is 0. The van der Waals surface area contributed by atoms with Gasteiger partial charge in [-0.2, -0.15) is 0 Å². The molecule has 0 bridgehead atoms. The van der Waals surface area contributed by atoms with Crippen LogP contribution in [0.3, 0.4) is 0 Å². The molecule has 0 atom stereocenters. The third-order valence-corrected chi connectivity index (χ3v) is 3.54. The summed E-state index contributed by atoms with van der Waals surface area (Å²) < 4.78 is 5.38. The highest BCUT2D eigenvalue weighted by molar-refractivity contribution is 5.28. The van der Waals surface area contributed by atoms with Crippen LogP contribution in [0.2, 0.25) is 0 Å². The second-order valence-electron chi connectivity index (χ2n) is 4.61. The van der Waals surface area contributed by atoms with Crippen LogP contribution in [0.5, 0.6) is 0 Å². The number of fused-ring (bicyclic) bond motifs is 1. The largest absolute Gasteiger partial charge is 0.381 e. The third-order valence-electron chi connectivity index (χ3n) is 3.54. The molecule has 1 fully saturated rings. The number of nitrogens with zero attached hydrogens (tertiary/aromatic N) is 2. The normalized spacial score (nSPS) is 21.0. The minimum atomic E-state index is 0.744. The van der Waals surface area contributed by atoms with Crippen molar-refractivity contribution in [1.29, 1.82) is 0 Å². The molecule has 0 aliphatic carbocycles. The lowest BCUT2D eigenvalue weighted by Crippen LogP contribution is -2.19. The fraction of sp³-hybridized carbons (Fsp3) is 0.667. The highest BCUT2D eigenvalue weighted by Gasteiger charge is 2.20. The lowest BCUT2D eigenvalue weighted by molar-refractivity contribution is 0.0662. The van der Waals surface area contributed by atoms with E-state index < -0.39 is 0 Å². The number of hydrogen-bond acceptors (Lipinski definition) is 4. The molecule has 0 radical (unpaired) electrons. The van der Waals surface area contributed by atoms with Gasteiger partial charge in [0, 0.05) is 37.6 Å². The van der Waals surface area contributed by atoms with Crippen molar-refractivity contribution in [2.45, 2.75) is 32.4 Å². The zero-order chi connectivity index (χ0) is 10.8. The quantitative estimate of drug-likeness (QED) is 0.807. The van der Waals surface area contributed by atoms with Crippen molar-refractivity contribution in [1.82, 2.24) is 15.3 Å². The molecule has 0 saturated carbocycles. The summed E-state index contributed by atoms with van der Waals surface area (Å²) in [4.78, 5) is 8.77. The topological polar surface area (TPSA) is 47.0 Å².